The van der Waals surface area contributed by atoms with E-state index >= 15 is 0 Å². The summed E-state index contributed by atoms with van der Waals surface area (Å²) in [5.41, 5.74) is 0.0642. The highest BCUT2D eigenvalue weighted by Crippen LogP contribution is 2.31. The first-order valence-electron chi connectivity index (χ1n) is 10.1. The van der Waals surface area contributed by atoms with Gasteiger partial charge in [-0.2, -0.15) is 0 Å². The van der Waals surface area contributed by atoms with Crippen LogP contribution in [0.2, 0.25) is 0 Å². The van der Waals surface area contributed by atoms with E-state index in [0.29, 0.717) is 25.7 Å². The number of allylic oxidation sites excluding steroid dienone is 3. The molecule has 154 valence electrons. The minimum atomic E-state index is -0.809. The molecule has 4 unspecified atom stereocenters. The molecule has 0 radical (unpaired) electrons. The van der Waals surface area contributed by atoms with Crippen LogP contribution >= 0.6 is 0 Å². The number of carbonyl (C=O) groups is 2. The van der Waals surface area contributed by atoms with Gasteiger partial charge in [0.1, 0.15) is 0 Å². The number of ketones is 1. The molecule has 27 heavy (non-hydrogen) atoms. The van der Waals surface area contributed by atoms with Crippen molar-refractivity contribution in [2.24, 2.45) is 17.3 Å². The molecule has 0 aliphatic heterocycles. The highest BCUT2D eigenvalue weighted by molar-refractivity contribution is 5.95. The molecule has 3 N–H and O–H groups in total. The number of aliphatic hydroxyl groups is 2. The van der Waals surface area contributed by atoms with Crippen LogP contribution in [-0.4, -0.2) is 39.3 Å². The Morgan fingerprint density at radius 1 is 1.26 bits per heavy atom. The SMILES string of the molecule is CCCC(C)(C)CC(O)/C=C/C1C=CC(=O)C1C(O)CCCCCC(=O)O. The number of hydrogen-bond donors (Lipinski definition) is 3. The molecular formula is C22H36O5. The van der Waals surface area contributed by atoms with Crippen molar-refractivity contribution < 1.29 is 24.9 Å². The summed E-state index contributed by atoms with van der Waals surface area (Å²) in [6, 6.07) is 0. The van der Waals surface area contributed by atoms with Crippen LogP contribution in [-0.2, 0) is 9.59 Å². The van der Waals surface area contributed by atoms with Gasteiger partial charge < -0.3 is 15.3 Å². The average Bonchev–Trinajstić information content (AvgIpc) is 2.92. The highest BCUT2D eigenvalue weighted by Gasteiger charge is 2.34. The van der Waals surface area contributed by atoms with Gasteiger partial charge >= 0.3 is 5.97 Å². The smallest absolute Gasteiger partial charge is 0.303 e. The van der Waals surface area contributed by atoms with Crippen molar-refractivity contribution in [3.63, 3.8) is 0 Å². The first kappa shape index (κ1) is 23.6. The van der Waals surface area contributed by atoms with Gasteiger partial charge in [0.2, 0.25) is 0 Å². The molecule has 0 saturated carbocycles. The summed E-state index contributed by atoms with van der Waals surface area (Å²) in [7, 11) is 0. The van der Waals surface area contributed by atoms with E-state index in [9.17, 15) is 19.8 Å². The van der Waals surface area contributed by atoms with Crippen LogP contribution in [0.4, 0.5) is 0 Å². The van der Waals surface area contributed by atoms with E-state index in [1.54, 1.807) is 12.2 Å². The van der Waals surface area contributed by atoms with Gasteiger partial charge in [-0.15, -0.1) is 0 Å². The summed E-state index contributed by atoms with van der Waals surface area (Å²) in [5.74, 6) is -1.59. The van der Waals surface area contributed by atoms with E-state index in [4.69, 9.17) is 5.11 Å². The molecule has 1 rings (SSSR count). The zero-order valence-corrected chi connectivity index (χ0v) is 16.9. The molecule has 1 aliphatic carbocycles. The molecule has 0 aromatic heterocycles. The predicted octanol–water partition coefficient (Wildman–Crippen LogP) is 3.89. The third-order valence-corrected chi connectivity index (χ3v) is 5.27. The number of carboxylic acids is 1. The molecule has 0 bridgehead atoms. The van der Waals surface area contributed by atoms with Crippen molar-refractivity contribution in [1.29, 1.82) is 0 Å². The molecule has 0 amide bonds. The van der Waals surface area contributed by atoms with Crippen molar-refractivity contribution in [3.8, 4) is 0 Å². The van der Waals surface area contributed by atoms with Gasteiger partial charge in [0.25, 0.3) is 0 Å². The van der Waals surface area contributed by atoms with E-state index in [-0.39, 0.29) is 23.5 Å². The summed E-state index contributed by atoms with van der Waals surface area (Å²) >= 11 is 0. The van der Waals surface area contributed by atoms with Gasteiger partial charge in [-0.25, -0.2) is 0 Å². The van der Waals surface area contributed by atoms with Crippen LogP contribution in [0.1, 0.15) is 72.1 Å². The van der Waals surface area contributed by atoms with Crippen LogP contribution in [0.15, 0.2) is 24.3 Å². The molecule has 0 heterocycles. The first-order valence-corrected chi connectivity index (χ1v) is 10.1. The molecule has 0 spiro atoms. The molecule has 0 saturated heterocycles. The Hall–Kier alpha value is -1.46. The van der Waals surface area contributed by atoms with Crippen molar-refractivity contribution in [2.75, 3.05) is 0 Å². The Bertz CT molecular complexity index is 535. The standard InChI is InChI=1S/C22H36O5/c1-4-14-22(2,3)15-17(23)12-10-16-11-13-19(25)21(16)18(24)8-6-5-7-9-20(26)27/h10-13,16-18,21,23-24H,4-9,14-15H2,1-3H3,(H,26,27)/b12-10+. The number of carbonyl (C=O) groups excluding carboxylic acids is 1. The van der Waals surface area contributed by atoms with Crippen molar-refractivity contribution in [1.82, 2.24) is 0 Å². The van der Waals surface area contributed by atoms with Crippen LogP contribution in [0, 0.1) is 17.3 Å². The number of unbranched alkanes of at least 4 members (excludes halogenated alkanes) is 2. The zero-order valence-electron chi connectivity index (χ0n) is 16.9. The molecule has 4 atom stereocenters. The normalized spacial score (nSPS) is 22.5. The summed E-state index contributed by atoms with van der Waals surface area (Å²) in [4.78, 5) is 22.7. The number of hydrogen-bond acceptors (Lipinski definition) is 4. The lowest BCUT2D eigenvalue weighted by Gasteiger charge is -2.26. The van der Waals surface area contributed by atoms with E-state index in [1.807, 2.05) is 6.08 Å². The molecule has 5 heteroatoms. The third kappa shape index (κ3) is 8.85. The maximum absolute atomic E-state index is 12.1. The summed E-state index contributed by atoms with van der Waals surface area (Å²) < 4.78 is 0. The fraction of sp³-hybridized carbons (Fsp3) is 0.727. The quantitative estimate of drug-likeness (QED) is 0.333. The summed E-state index contributed by atoms with van der Waals surface area (Å²) in [6.07, 6.45) is 11.0. The second kappa shape index (κ2) is 11.4. The maximum Gasteiger partial charge on any atom is 0.303 e. The molecule has 0 fully saturated rings. The Balaban J connectivity index is 2.52. The first-order chi connectivity index (χ1) is 12.7. The number of carboxylic acid groups (broad SMARTS) is 1. The van der Waals surface area contributed by atoms with Crippen LogP contribution < -0.4 is 0 Å². The van der Waals surface area contributed by atoms with Crippen LogP contribution in [0.5, 0.6) is 0 Å². The van der Waals surface area contributed by atoms with Crippen molar-refractivity contribution >= 4 is 11.8 Å². The molecule has 0 aromatic carbocycles. The van der Waals surface area contributed by atoms with Gasteiger partial charge in [0.05, 0.1) is 18.1 Å². The van der Waals surface area contributed by atoms with Crippen molar-refractivity contribution in [3.05, 3.63) is 24.3 Å². The predicted molar refractivity (Wildman–Crippen MR) is 106 cm³/mol. The lowest BCUT2D eigenvalue weighted by molar-refractivity contribution is -0.137. The largest absolute Gasteiger partial charge is 0.481 e. The Morgan fingerprint density at radius 2 is 1.96 bits per heavy atom. The number of rotatable bonds is 13. The topological polar surface area (TPSA) is 94.8 Å². The van der Waals surface area contributed by atoms with Crippen LogP contribution in [0.25, 0.3) is 0 Å². The molecular weight excluding hydrogens is 344 g/mol. The Labute approximate surface area is 163 Å². The Morgan fingerprint density at radius 3 is 2.59 bits per heavy atom. The van der Waals surface area contributed by atoms with E-state index in [2.05, 4.69) is 20.8 Å². The summed E-state index contributed by atoms with van der Waals surface area (Å²) in [6.45, 7) is 6.42. The van der Waals surface area contributed by atoms with E-state index in [0.717, 1.165) is 19.3 Å². The third-order valence-electron chi connectivity index (χ3n) is 5.27. The van der Waals surface area contributed by atoms with E-state index < -0.39 is 24.1 Å². The maximum atomic E-state index is 12.1. The molecule has 1 aliphatic rings. The second-order valence-electron chi connectivity index (χ2n) is 8.50. The highest BCUT2D eigenvalue weighted by atomic mass is 16.4. The zero-order chi connectivity index (χ0) is 20.4. The number of aliphatic hydroxyl groups excluding tert-OH is 2. The fourth-order valence-corrected chi connectivity index (χ4v) is 3.91. The monoisotopic (exact) mass is 380 g/mol. The number of aliphatic carboxylic acids is 1. The van der Waals surface area contributed by atoms with Gasteiger partial charge in [-0.1, -0.05) is 58.3 Å². The average molecular weight is 381 g/mol. The van der Waals surface area contributed by atoms with Gasteiger partial charge in [0, 0.05) is 12.3 Å². The Kier molecular flexibility index (Phi) is 9.95. The summed E-state index contributed by atoms with van der Waals surface area (Å²) in [5, 5.41) is 29.4. The minimum absolute atomic E-state index is 0.0642. The lowest BCUT2D eigenvalue weighted by Crippen LogP contribution is -2.29. The van der Waals surface area contributed by atoms with Gasteiger partial charge in [-0.05, 0) is 37.2 Å². The van der Waals surface area contributed by atoms with Gasteiger partial charge in [-0.3, -0.25) is 9.59 Å². The fourth-order valence-electron chi connectivity index (χ4n) is 3.91. The molecule has 0 aromatic rings. The van der Waals surface area contributed by atoms with Gasteiger partial charge in [0.15, 0.2) is 5.78 Å². The lowest BCUT2D eigenvalue weighted by atomic mass is 9.81. The molecule has 5 nitrogen and oxygen atoms in total. The second-order valence-corrected chi connectivity index (χ2v) is 8.50. The minimum Gasteiger partial charge on any atom is -0.481 e. The van der Waals surface area contributed by atoms with E-state index in [1.165, 1.54) is 6.08 Å². The van der Waals surface area contributed by atoms with Crippen molar-refractivity contribution in [2.45, 2.75) is 84.3 Å². The van der Waals surface area contributed by atoms with Crippen LogP contribution in [0.3, 0.4) is 0 Å².